The van der Waals surface area contributed by atoms with E-state index in [9.17, 15) is 4.79 Å². The molecule has 5 heteroatoms. The predicted octanol–water partition coefficient (Wildman–Crippen LogP) is 2.02. The SMILES string of the molecule is CCCc1nc(C(=O)N2CCCC(C)CC2)n[nH]1. The summed E-state index contributed by atoms with van der Waals surface area (Å²) in [5.41, 5.74) is 0. The van der Waals surface area contributed by atoms with Crippen LogP contribution in [0.2, 0.25) is 0 Å². The molecule has 0 saturated carbocycles. The molecule has 0 bridgehead atoms. The molecule has 1 aromatic rings. The van der Waals surface area contributed by atoms with Crippen molar-refractivity contribution >= 4 is 5.91 Å². The van der Waals surface area contributed by atoms with E-state index in [0.717, 1.165) is 44.6 Å². The van der Waals surface area contributed by atoms with Gasteiger partial charge in [0.2, 0.25) is 5.82 Å². The van der Waals surface area contributed by atoms with Crippen molar-refractivity contribution in [2.45, 2.75) is 46.0 Å². The predicted molar refractivity (Wildman–Crippen MR) is 69.3 cm³/mol. The van der Waals surface area contributed by atoms with Gasteiger partial charge in [0.15, 0.2) is 0 Å². The van der Waals surface area contributed by atoms with E-state index in [0.29, 0.717) is 11.7 Å². The number of carbonyl (C=O) groups excluding carboxylic acids is 1. The largest absolute Gasteiger partial charge is 0.336 e. The van der Waals surface area contributed by atoms with Crippen LogP contribution in [0.15, 0.2) is 0 Å². The third-order valence-corrected chi connectivity index (χ3v) is 3.51. The van der Waals surface area contributed by atoms with Crippen molar-refractivity contribution in [3.05, 3.63) is 11.6 Å². The van der Waals surface area contributed by atoms with E-state index in [2.05, 4.69) is 29.0 Å². The first-order valence-corrected chi connectivity index (χ1v) is 6.91. The molecule has 5 nitrogen and oxygen atoms in total. The minimum Gasteiger partial charge on any atom is -0.336 e. The summed E-state index contributed by atoms with van der Waals surface area (Å²) in [7, 11) is 0. The lowest BCUT2D eigenvalue weighted by molar-refractivity contribution is 0.0748. The van der Waals surface area contributed by atoms with Crippen LogP contribution in [-0.2, 0) is 6.42 Å². The maximum atomic E-state index is 12.3. The highest BCUT2D eigenvalue weighted by atomic mass is 16.2. The number of H-pyrrole nitrogens is 1. The van der Waals surface area contributed by atoms with Gasteiger partial charge in [-0.15, -0.1) is 5.10 Å². The number of aromatic amines is 1. The number of nitrogens with zero attached hydrogens (tertiary/aromatic N) is 3. The number of hydrogen-bond acceptors (Lipinski definition) is 3. The Morgan fingerprint density at radius 1 is 1.44 bits per heavy atom. The lowest BCUT2D eigenvalue weighted by Gasteiger charge is -2.18. The van der Waals surface area contributed by atoms with E-state index in [-0.39, 0.29) is 5.91 Å². The van der Waals surface area contributed by atoms with E-state index < -0.39 is 0 Å². The van der Waals surface area contributed by atoms with Crippen LogP contribution in [0.25, 0.3) is 0 Å². The zero-order valence-electron chi connectivity index (χ0n) is 11.3. The molecule has 100 valence electrons. The molecule has 18 heavy (non-hydrogen) atoms. The van der Waals surface area contributed by atoms with E-state index >= 15 is 0 Å². The molecule has 2 rings (SSSR count). The Bertz CT molecular complexity index is 401. The Labute approximate surface area is 108 Å². The van der Waals surface area contributed by atoms with Gasteiger partial charge in [-0.2, -0.15) is 0 Å². The molecule has 1 aliphatic heterocycles. The summed E-state index contributed by atoms with van der Waals surface area (Å²) in [5.74, 6) is 1.82. The molecule has 0 radical (unpaired) electrons. The van der Waals surface area contributed by atoms with Crippen molar-refractivity contribution in [2.75, 3.05) is 13.1 Å². The normalized spacial score (nSPS) is 20.8. The van der Waals surface area contributed by atoms with Crippen LogP contribution < -0.4 is 0 Å². The van der Waals surface area contributed by atoms with Gasteiger partial charge in [0.25, 0.3) is 5.91 Å². The van der Waals surface area contributed by atoms with Gasteiger partial charge >= 0.3 is 0 Å². The van der Waals surface area contributed by atoms with Gasteiger partial charge in [-0.3, -0.25) is 9.89 Å². The second-order valence-electron chi connectivity index (χ2n) is 5.18. The molecule has 0 spiro atoms. The van der Waals surface area contributed by atoms with Crippen molar-refractivity contribution < 1.29 is 4.79 Å². The smallest absolute Gasteiger partial charge is 0.293 e. The summed E-state index contributed by atoms with van der Waals surface area (Å²) in [6.45, 7) is 6.00. The van der Waals surface area contributed by atoms with Gasteiger partial charge in [0, 0.05) is 19.5 Å². The number of carbonyl (C=O) groups is 1. The fraction of sp³-hybridized carbons (Fsp3) is 0.769. The number of aryl methyl sites for hydroxylation is 1. The molecule has 1 atom stereocenters. The fourth-order valence-corrected chi connectivity index (χ4v) is 2.35. The zero-order chi connectivity index (χ0) is 13.0. The summed E-state index contributed by atoms with van der Waals surface area (Å²) in [6.07, 6.45) is 5.22. The number of nitrogens with one attached hydrogen (secondary N) is 1. The summed E-state index contributed by atoms with van der Waals surface area (Å²) in [6, 6.07) is 0. The van der Waals surface area contributed by atoms with Crippen LogP contribution in [0.4, 0.5) is 0 Å². The molecule has 1 N–H and O–H groups in total. The van der Waals surface area contributed by atoms with Crippen LogP contribution in [0.3, 0.4) is 0 Å². The van der Waals surface area contributed by atoms with Crippen molar-refractivity contribution in [1.82, 2.24) is 20.1 Å². The molecule has 2 heterocycles. The van der Waals surface area contributed by atoms with Crippen molar-refractivity contribution in [3.8, 4) is 0 Å². The van der Waals surface area contributed by atoms with E-state index in [4.69, 9.17) is 0 Å². The van der Waals surface area contributed by atoms with Gasteiger partial charge in [0.1, 0.15) is 5.82 Å². The number of likely N-dealkylation sites (tertiary alicyclic amines) is 1. The molecule has 0 aliphatic carbocycles. The quantitative estimate of drug-likeness (QED) is 0.892. The summed E-state index contributed by atoms with van der Waals surface area (Å²) < 4.78 is 0. The Kier molecular flexibility index (Phi) is 4.33. The van der Waals surface area contributed by atoms with Crippen molar-refractivity contribution in [2.24, 2.45) is 5.92 Å². The van der Waals surface area contributed by atoms with Gasteiger partial charge < -0.3 is 4.90 Å². The maximum Gasteiger partial charge on any atom is 0.293 e. The molecule has 1 aromatic heterocycles. The van der Waals surface area contributed by atoms with Gasteiger partial charge in [0.05, 0.1) is 0 Å². The minimum atomic E-state index is -0.0253. The van der Waals surface area contributed by atoms with Crippen LogP contribution in [0, 0.1) is 5.92 Å². The lowest BCUT2D eigenvalue weighted by Crippen LogP contribution is -2.32. The first-order valence-electron chi connectivity index (χ1n) is 6.91. The zero-order valence-corrected chi connectivity index (χ0v) is 11.3. The number of aromatic nitrogens is 3. The number of hydrogen-bond donors (Lipinski definition) is 1. The molecule has 1 saturated heterocycles. The minimum absolute atomic E-state index is 0.0253. The summed E-state index contributed by atoms with van der Waals surface area (Å²) in [4.78, 5) is 18.4. The van der Waals surface area contributed by atoms with Crippen molar-refractivity contribution in [3.63, 3.8) is 0 Å². The Morgan fingerprint density at radius 3 is 3.06 bits per heavy atom. The first-order chi connectivity index (χ1) is 8.70. The molecule has 1 amide bonds. The first kappa shape index (κ1) is 13.1. The molecule has 1 fully saturated rings. The summed E-state index contributed by atoms with van der Waals surface area (Å²) >= 11 is 0. The van der Waals surface area contributed by atoms with Gasteiger partial charge in [-0.05, 0) is 31.6 Å². The monoisotopic (exact) mass is 250 g/mol. The van der Waals surface area contributed by atoms with Crippen molar-refractivity contribution in [1.29, 1.82) is 0 Å². The Balaban J connectivity index is 2.00. The molecule has 1 unspecified atom stereocenters. The maximum absolute atomic E-state index is 12.3. The Hall–Kier alpha value is -1.39. The van der Waals surface area contributed by atoms with Gasteiger partial charge in [-0.1, -0.05) is 13.8 Å². The fourth-order valence-electron chi connectivity index (χ4n) is 2.35. The van der Waals surface area contributed by atoms with Crippen LogP contribution in [0.1, 0.15) is 56.0 Å². The lowest BCUT2D eigenvalue weighted by atomic mass is 10.0. The third-order valence-electron chi connectivity index (χ3n) is 3.51. The third kappa shape index (κ3) is 3.09. The topological polar surface area (TPSA) is 61.9 Å². The standard InChI is InChI=1S/C13H22N4O/c1-3-5-11-14-12(16-15-11)13(18)17-8-4-6-10(2)7-9-17/h10H,3-9H2,1-2H3,(H,14,15,16). The van der Waals surface area contributed by atoms with Crippen LogP contribution in [-0.4, -0.2) is 39.1 Å². The molecular formula is C13H22N4O. The highest BCUT2D eigenvalue weighted by Crippen LogP contribution is 2.17. The second-order valence-corrected chi connectivity index (χ2v) is 5.18. The van der Waals surface area contributed by atoms with Crippen LogP contribution in [0.5, 0.6) is 0 Å². The molecule has 1 aliphatic rings. The van der Waals surface area contributed by atoms with E-state index in [1.54, 1.807) is 0 Å². The van der Waals surface area contributed by atoms with E-state index in [1.807, 2.05) is 4.90 Å². The summed E-state index contributed by atoms with van der Waals surface area (Å²) in [5, 5.41) is 6.87. The number of amides is 1. The van der Waals surface area contributed by atoms with Crippen LogP contribution >= 0.6 is 0 Å². The Morgan fingerprint density at radius 2 is 2.28 bits per heavy atom. The second kappa shape index (κ2) is 5.98. The average Bonchev–Trinajstić information content (AvgIpc) is 2.71. The highest BCUT2D eigenvalue weighted by molar-refractivity contribution is 5.90. The average molecular weight is 250 g/mol. The molecular weight excluding hydrogens is 228 g/mol. The van der Waals surface area contributed by atoms with Gasteiger partial charge in [-0.25, -0.2) is 4.98 Å². The molecule has 0 aromatic carbocycles. The number of rotatable bonds is 3. The highest BCUT2D eigenvalue weighted by Gasteiger charge is 2.22. The van der Waals surface area contributed by atoms with E-state index in [1.165, 1.54) is 6.42 Å².